The summed E-state index contributed by atoms with van der Waals surface area (Å²) in [7, 11) is 0. The third-order valence-electron chi connectivity index (χ3n) is 5.57. The standard InChI is InChI=1S/C26H32N2O5/c1-17(2)14-27-25(30)6-5-11-28-22-13-20(8-10-24(22)33-16-26(28)31)23(29)15-32-21-9-7-18(3)19(4)12-21/h7-10,12-13,17H,5-6,11,14-16H2,1-4H3,(H,27,30). The second-order valence-electron chi connectivity index (χ2n) is 8.78. The number of hydrogen-bond donors (Lipinski definition) is 1. The van der Waals surface area contributed by atoms with Crippen molar-refractivity contribution in [2.24, 2.45) is 5.92 Å². The number of aryl methyl sites for hydroxylation is 2. The van der Waals surface area contributed by atoms with Crippen molar-refractivity contribution in [1.29, 1.82) is 0 Å². The number of carbonyl (C=O) groups is 3. The molecule has 0 spiro atoms. The summed E-state index contributed by atoms with van der Waals surface area (Å²) in [6, 6.07) is 10.7. The fraction of sp³-hybridized carbons (Fsp3) is 0.423. The molecule has 7 heteroatoms. The van der Waals surface area contributed by atoms with E-state index < -0.39 is 0 Å². The van der Waals surface area contributed by atoms with Gasteiger partial charge in [-0.15, -0.1) is 0 Å². The largest absolute Gasteiger partial charge is 0.485 e. The van der Waals surface area contributed by atoms with Crippen LogP contribution in [0.5, 0.6) is 11.5 Å². The average molecular weight is 453 g/mol. The monoisotopic (exact) mass is 452 g/mol. The van der Waals surface area contributed by atoms with Crippen LogP contribution in [0.3, 0.4) is 0 Å². The lowest BCUT2D eigenvalue weighted by molar-refractivity contribution is -0.122. The molecular formula is C26H32N2O5. The number of nitrogens with one attached hydrogen (secondary N) is 1. The van der Waals surface area contributed by atoms with Gasteiger partial charge in [0.15, 0.2) is 19.0 Å². The van der Waals surface area contributed by atoms with Crippen LogP contribution in [0.4, 0.5) is 5.69 Å². The van der Waals surface area contributed by atoms with Crippen LogP contribution in [0.2, 0.25) is 0 Å². The van der Waals surface area contributed by atoms with E-state index in [0.29, 0.717) is 54.6 Å². The van der Waals surface area contributed by atoms with Crippen LogP contribution in [0.25, 0.3) is 0 Å². The molecule has 7 nitrogen and oxygen atoms in total. The molecule has 2 aromatic rings. The molecule has 3 rings (SSSR count). The van der Waals surface area contributed by atoms with Crippen LogP contribution in [-0.4, -0.2) is 43.9 Å². The maximum atomic E-state index is 12.8. The molecule has 33 heavy (non-hydrogen) atoms. The first-order chi connectivity index (χ1) is 15.7. The van der Waals surface area contributed by atoms with Gasteiger partial charge in [0.25, 0.3) is 5.91 Å². The molecule has 0 bridgehead atoms. The van der Waals surface area contributed by atoms with Crippen molar-refractivity contribution < 1.29 is 23.9 Å². The summed E-state index contributed by atoms with van der Waals surface area (Å²) in [5.74, 6) is 1.16. The fourth-order valence-electron chi connectivity index (χ4n) is 3.46. The zero-order chi connectivity index (χ0) is 24.0. The van der Waals surface area contributed by atoms with Crippen LogP contribution >= 0.6 is 0 Å². The first-order valence-corrected chi connectivity index (χ1v) is 11.3. The second-order valence-corrected chi connectivity index (χ2v) is 8.78. The topological polar surface area (TPSA) is 84.9 Å². The predicted molar refractivity (Wildman–Crippen MR) is 127 cm³/mol. The van der Waals surface area contributed by atoms with E-state index in [1.807, 2.05) is 45.9 Å². The first kappa shape index (κ1) is 24.3. The molecule has 1 N–H and O–H groups in total. The van der Waals surface area contributed by atoms with Crippen molar-refractivity contribution in [3.05, 3.63) is 53.1 Å². The highest BCUT2D eigenvalue weighted by Crippen LogP contribution is 2.33. The highest BCUT2D eigenvalue weighted by Gasteiger charge is 2.26. The zero-order valence-corrected chi connectivity index (χ0v) is 19.8. The Morgan fingerprint density at radius 1 is 1.12 bits per heavy atom. The highest BCUT2D eigenvalue weighted by molar-refractivity contribution is 6.02. The minimum absolute atomic E-state index is 0.0305. The number of benzene rings is 2. The Labute approximate surface area is 195 Å². The molecule has 0 fully saturated rings. The molecule has 0 saturated heterocycles. The van der Waals surface area contributed by atoms with E-state index in [-0.39, 0.29) is 30.8 Å². The maximum Gasteiger partial charge on any atom is 0.265 e. The van der Waals surface area contributed by atoms with Crippen molar-refractivity contribution in [1.82, 2.24) is 5.32 Å². The molecule has 0 atom stereocenters. The Balaban J connectivity index is 1.64. The predicted octanol–water partition coefficient (Wildman–Crippen LogP) is 3.84. The minimum atomic E-state index is -0.193. The van der Waals surface area contributed by atoms with Crippen LogP contribution in [0.1, 0.15) is 48.2 Å². The summed E-state index contributed by atoms with van der Waals surface area (Å²) >= 11 is 0. The normalized spacial score (nSPS) is 12.9. The van der Waals surface area contributed by atoms with Gasteiger partial charge >= 0.3 is 0 Å². The summed E-state index contributed by atoms with van der Waals surface area (Å²) in [5.41, 5.74) is 3.24. The minimum Gasteiger partial charge on any atom is -0.485 e. The number of ether oxygens (including phenoxy) is 2. The van der Waals surface area contributed by atoms with Gasteiger partial charge in [0, 0.05) is 25.1 Å². The van der Waals surface area contributed by atoms with E-state index in [2.05, 4.69) is 5.32 Å². The molecule has 0 aliphatic carbocycles. The molecule has 176 valence electrons. The van der Waals surface area contributed by atoms with Crippen LogP contribution in [0.15, 0.2) is 36.4 Å². The number of Topliss-reactive ketones (excluding diaryl/α,β-unsaturated/α-hetero) is 1. The highest BCUT2D eigenvalue weighted by atomic mass is 16.5. The molecule has 0 unspecified atom stereocenters. The summed E-state index contributed by atoms with van der Waals surface area (Å²) in [4.78, 5) is 38.8. The van der Waals surface area contributed by atoms with Gasteiger partial charge in [0.2, 0.25) is 5.91 Å². The Morgan fingerprint density at radius 2 is 1.91 bits per heavy atom. The van der Waals surface area contributed by atoms with Gasteiger partial charge in [0.1, 0.15) is 11.5 Å². The van der Waals surface area contributed by atoms with Crippen molar-refractivity contribution in [2.45, 2.75) is 40.5 Å². The van der Waals surface area contributed by atoms with Gasteiger partial charge in [-0.1, -0.05) is 19.9 Å². The number of amides is 2. The Kier molecular flexibility index (Phi) is 8.09. The van der Waals surface area contributed by atoms with Crippen molar-refractivity contribution in [3.8, 4) is 11.5 Å². The van der Waals surface area contributed by atoms with Crippen LogP contribution in [0, 0.1) is 19.8 Å². The lowest BCUT2D eigenvalue weighted by Crippen LogP contribution is -2.40. The SMILES string of the molecule is Cc1ccc(OCC(=O)c2ccc3c(c2)N(CCCC(=O)NCC(C)C)C(=O)CO3)cc1C. The van der Waals surface area contributed by atoms with Crippen LogP contribution in [-0.2, 0) is 9.59 Å². The van der Waals surface area contributed by atoms with E-state index in [4.69, 9.17) is 9.47 Å². The van der Waals surface area contributed by atoms with Gasteiger partial charge in [-0.3, -0.25) is 14.4 Å². The molecular weight excluding hydrogens is 420 g/mol. The number of ketones is 1. The molecule has 0 saturated carbocycles. The molecule has 1 aliphatic rings. The Hall–Kier alpha value is -3.35. The zero-order valence-electron chi connectivity index (χ0n) is 19.8. The lowest BCUT2D eigenvalue weighted by Gasteiger charge is -2.29. The average Bonchev–Trinajstić information content (AvgIpc) is 2.79. The van der Waals surface area contributed by atoms with Crippen molar-refractivity contribution in [2.75, 3.05) is 31.2 Å². The number of fused-ring (bicyclic) bond motifs is 1. The molecule has 2 aromatic carbocycles. The van der Waals surface area contributed by atoms with E-state index in [1.54, 1.807) is 23.1 Å². The number of carbonyl (C=O) groups excluding carboxylic acids is 3. The van der Waals surface area contributed by atoms with Gasteiger partial charge in [0.05, 0.1) is 5.69 Å². The lowest BCUT2D eigenvalue weighted by atomic mass is 10.1. The Bertz CT molecular complexity index is 1030. The van der Waals surface area contributed by atoms with Gasteiger partial charge in [-0.25, -0.2) is 0 Å². The van der Waals surface area contributed by atoms with E-state index in [0.717, 1.165) is 11.1 Å². The third-order valence-corrected chi connectivity index (χ3v) is 5.57. The van der Waals surface area contributed by atoms with Crippen molar-refractivity contribution in [3.63, 3.8) is 0 Å². The first-order valence-electron chi connectivity index (χ1n) is 11.3. The van der Waals surface area contributed by atoms with Gasteiger partial charge in [-0.2, -0.15) is 0 Å². The van der Waals surface area contributed by atoms with Crippen LogP contribution < -0.4 is 19.7 Å². The summed E-state index contributed by atoms with van der Waals surface area (Å²) in [5, 5.41) is 2.88. The number of hydrogen-bond acceptors (Lipinski definition) is 5. The summed E-state index contributed by atoms with van der Waals surface area (Å²) < 4.78 is 11.2. The van der Waals surface area contributed by atoms with Crippen molar-refractivity contribution >= 4 is 23.3 Å². The molecule has 0 aromatic heterocycles. The number of nitrogens with zero attached hydrogens (tertiary/aromatic N) is 1. The van der Waals surface area contributed by atoms with E-state index in [1.165, 1.54) is 0 Å². The second kappa shape index (κ2) is 11.0. The van der Waals surface area contributed by atoms with Gasteiger partial charge in [-0.05, 0) is 67.6 Å². The third kappa shape index (κ3) is 6.57. The Morgan fingerprint density at radius 3 is 2.64 bits per heavy atom. The molecule has 1 heterocycles. The fourth-order valence-corrected chi connectivity index (χ4v) is 3.46. The maximum absolute atomic E-state index is 12.8. The molecule has 2 amide bonds. The smallest absolute Gasteiger partial charge is 0.265 e. The van der Waals surface area contributed by atoms with E-state index >= 15 is 0 Å². The number of anilines is 1. The molecule has 1 aliphatic heterocycles. The quantitative estimate of drug-likeness (QED) is 0.554. The summed E-state index contributed by atoms with van der Waals surface area (Å²) in [6.45, 7) is 8.93. The molecule has 0 radical (unpaired) electrons. The van der Waals surface area contributed by atoms with Gasteiger partial charge < -0.3 is 19.7 Å². The number of rotatable bonds is 10. The summed E-state index contributed by atoms with van der Waals surface area (Å²) in [6.07, 6.45) is 0.846. The van der Waals surface area contributed by atoms with E-state index in [9.17, 15) is 14.4 Å².